The van der Waals surface area contributed by atoms with Crippen LogP contribution in [0.15, 0.2) is 29.3 Å². The van der Waals surface area contributed by atoms with Gasteiger partial charge in [-0.05, 0) is 37.8 Å². The van der Waals surface area contributed by atoms with Crippen LogP contribution in [0.25, 0.3) is 0 Å². The molecule has 0 unspecified atom stereocenters. The smallest absolute Gasteiger partial charge is 0.191 e. The number of aliphatic imine (C=N–C) groups is 1. The lowest BCUT2D eigenvalue weighted by Crippen LogP contribution is -2.47. The second-order valence-electron chi connectivity index (χ2n) is 6.53. The van der Waals surface area contributed by atoms with Gasteiger partial charge in [0.2, 0.25) is 0 Å². The van der Waals surface area contributed by atoms with Crippen LogP contribution in [0.5, 0.6) is 0 Å². The Hall–Kier alpha value is -0.940. The minimum Gasteiger partial charge on any atom is -0.381 e. The Kier molecular flexibility index (Phi) is 9.96. The molecule has 1 aliphatic heterocycles. The fraction of sp³-hybridized carbons (Fsp3) is 0.611. The van der Waals surface area contributed by atoms with E-state index in [1.165, 1.54) is 12.3 Å². The van der Waals surface area contributed by atoms with Gasteiger partial charge in [-0.15, -0.1) is 24.0 Å². The van der Waals surface area contributed by atoms with Gasteiger partial charge in [0.05, 0.1) is 11.3 Å². The molecule has 0 bridgehead atoms. The molecule has 27 heavy (non-hydrogen) atoms. The van der Waals surface area contributed by atoms with Crippen LogP contribution in [0, 0.1) is 5.82 Å². The monoisotopic (exact) mass is 513 g/mol. The summed E-state index contributed by atoms with van der Waals surface area (Å²) >= 11 is 0. The molecule has 154 valence electrons. The zero-order chi connectivity index (χ0) is 19.0. The van der Waals surface area contributed by atoms with Crippen LogP contribution in [-0.2, 0) is 21.0 Å². The second-order valence-corrected chi connectivity index (χ2v) is 8.94. The molecule has 2 rings (SSSR count). The highest BCUT2D eigenvalue weighted by Gasteiger charge is 2.42. The summed E-state index contributed by atoms with van der Waals surface area (Å²) in [5.74, 6) is 0.313. The molecule has 9 heteroatoms. The molecule has 0 spiro atoms. The van der Waals surface area contributed by atoms with Crippen molar-refractivity contribution in [1.29, 1.82) is 0 Å². The first-order valence-corrected chi connectivity index (χ1v) is 10.8. The van der Waals surface area contributed by atoms with E-state index >= 15 is 0 Å². The lowest BCUT2D eigenvalue weighted by Gasteiger charge is -2.34. The molecule has 0 aromatic heterocycles. The molecular formula is C18H29FIN3O3S. The predicted octanol–water partition coefficient (Wildman–Crippen LogP) is 2.14. The van der Waals surface area contributed by atoms with E-state index in [1.54, 1.807) is 18.2 Å². The molecule has 0 atom stereocenters. The van der Waals surface area contributed by atoms with Crippen molar-refractivity contribution in [1.82, 2.24) is 10.6 Å². The van der Waals surface area contributed by atoms with Crippen LogP contribution >= 0.6 is 24.0 Å². The van der Waals surface area contributed by atoms with E-state index in [2.05, 4.69) is 15.6 Å². The highest BCUT2D eigenvalue weighted by atomic mass is 127. The number of nitrogens with one attached hydrogen (secondary N) is 2. The fourth-order valence-electron chi connectivity index (χ4n) is 2.97. The van der Waals surface area contributed by atoms with E-state index in [0.29, 0.717) is 57.1 Å². The maximum atomic E-state index is 13.7. The van der Waals surface area contributed by atoms with Gasteiger partial charge in [0, 0.05) is 32.6 Å². The van der Waals surface area contributed by atoms with Gasteiger partial charge in [0.25, 0.3) is 0 Å². The number of rotatable bonds is 7. The molecule has 1 heterocycles. The van der Waals surface area contributed by atoms with Gasteiger partial charge >= 0.3 is 0 Å². The third kappa shape index (κ3) is 6.86. The third-order valence-corrected chi connectivity index (χ3v) is 6.82. The Morgan fingerprint density at radius 2 is 1.93 bits per heavy atom. The number of ether oxygens (including phenoxy) is 1. The molecule has 2 N–H and O–H groups in total. The summed E-state index contributed by atoms with van der Waals surface area (Å²) in [6.07, 6.45) is 2.68. The van der Waals surface area contributed by atoms with Gasteiger partial charge in [-0.25, -0.2) is 12.8 Å². The number of halogens is 2. The van der Waals surface area contributed by atoms with Gasteiger partial charge in [-0.1, -0.05) is 18.2 Å². The van der Waals surface area contributed by atoms with Gasteiger partial charge in [0.15, 0.2) is 15.8 Å². The van der Waals surface area contributed by atoms with E-state index in [1.807, 2.05) is 6.92 Å². The van der Waals surface area contributed by atoms with Crippen molar-refractivity contribution >= 4 is 39.8 Å². The molecule has 1 saturated heterocycles. The van der Waals surface area contributed by atoms with Crippen LogP contribution in [0.2, 0.25) is 0 Å². The Morgan fingerprint density at radius 1 is 1.26 bits per heavy atom. The van der Waals surface area contributed by atoms with Crippen molar-refractivity contribution in [2.75, 3.05) is 39.1 Å². The maximum absolute atomic E-state index is 13.7. The molecule has 1 aromatic rings. The maximum Gasteiger partial charge on any atom is 0.191 e. The molecular weight excluding hydrogens is 484 g/mol. The van der Waals surface area contributed by atoms with E-state index in [0.717, 1.165) is 0 Å². The number of sulfone groups is 1. The lowest BCUT2D eigenvalue weighted by atomic mass is 9.99. The van der Waals surface area contributed by atoms with Gasteiger partial charge in [-0.3, -0.25) is 4.99 Å². The van der Waals surface area contributed by atoms with Crippen molar-refractivity contribution in [3.05, 3.63) is 35.6 Å². The Morgan fingerprint density at radius 3 is 2.52 bits per heavy atom. The number of nitrogens with zero attached hydrogens (tertiary/aromatic N) is 1. The summed E-state index contributed by atoms with van der Waals surface area (Å²) < 4.78 is 42.7. The average Bonchev–Trinajstić information content (AvgIpc) is 2.61. The Labute approximate surface area is 178 Å². The molecule has 1 aliphatic rings. The van der Waals surface area contributed by atoms with E-state index in [-0.39, 0.29) is 36.3 Å². The predicted molar refractivity (Wildman–Crippen MR) is 117 cm³/mol. The van der Waals surface area contributed by atoms with Gasteiger partial charge < -0.3 is 15.4 Å². The molecule has 0 aliphatic carbocycles. The summed E-state index contributed by atoms with van der Waals surface area (Å²) in [4.78, 5) is 4.50. The van der Waals surface area contributed by atoms with Crippen LogP contribution in [0.1, 0.15) is 25.3 Å². The standard InChI is InChI=1S/C18H28FN3O3S.HI/c1-3-20-17(21-11-8-15-6-4-5-7-16(15)19)22-14-18(26(2,23)24)9-12-25-13-10-18;/h4-7H,3,8-14H2,1-2H3,(H2,20,21,22);1H. The number of hydrogen-bond donors (Lipinski definition) is 2. The van der Waals surface area contributed by atoms with Crippen molar-refractivity contribution in [3.8, 4) is 0 Å². The summed E-state index contributed by atoms with van der Waals surface area (Å²) in [5, 5.41) is 6.26. The minimum atomic E-state index is -3.26. The van der Waals surface area contributed by atoms with Crippen LogP contribution in [0.4, 0.5) is 4.39 Å². The number of guanidine groups is 1. The highest BCUT2D eigenvalue weighted by molar-refractivity contribution is 14.0. The highest BCUT2D eigenvalue weighted by Crippen LogP contribution is 2.29. The molecule has 6 nitrogen and oxygen atoms in total. The number of hydrogen-bond acceptors (Lipinski definition) is 4. The molecule has 1 aromatic carbocycles. The first kappa shape index (κ1) is 24.1. The summed E-state index contributed by atoms with van der Waals surface area (Å²) in [5.41, 5.74) is 0.632. The average molecular weight is 513 g/mol. The molecule has 0 amide bonds. The first-order valence-electron chi connectivity index (χ1n) is 8.91. The number of benzene rings is 1. The van der Waals surface area contributed by atoms with Crippen LogP contribution in [-0.4, -0.2) is 58.2 Å². The topological polar surface area (TPSA) is 79.8 Å². The summed E-state index contributed by atoms with van der Waals surface area (Å²) in [6, 6.07) is 6.66. The summed E-state index contributed by atoms with van der Waals surface area (Å²) in [7, 11) is -3.26. The summed E-state index contributed by atoms with van der Waals surface area (Å²) in [6.45, 7) is 4.14. The third-order valence-electron chi connectivity index (χ3n) is 4.70. The van der Waals surface area contributed by atoms with Crippen molar-refractivity contribution in [3.63, 3.8) is 0 Å². The Balaban J connectivity index is 0.00000364. The minimum absolute atomic E-state index is 0. The van der Waals surface area contributed by atoms with Crippen molar-refractivity contribution in [2.45, 2.75) is 30.9 Å². The SMILES string of the molecule is CCNC(=NCC1(S(C)(=O)=O)CCOCC1)NCCc1ccccc1F.I. The zero-order valence-corrected chi connectivity index (χ0v) is 19.0. The quantitative estimate of drug-likeness (QED) is 0.332. The van der Waals surface area contributed by atoms with Crippen LogP contribution in [0.3, 0.4) is 0 Å². The Bertz CT molecular complexity index is 722. The zero-order valence-electron chi connectivity index (χ0n) is 15.8. The van der Waals surface area contributed by atoms with E-state index in [4.69, 9.17) is 4.74 Å². The van der Waals surface area contributed by atoms with Crippen LogP contribution < -0.4 is 10.6 Å². The van der Waals surface area contributed by atoms with E-state index in [9.17, 15) is 12.8 Å². The largest absolute Gasteiger partial charge is 0.381 e. The van der Waals surface area contributed by atoms with E-state index < -0.39 is 14.6 Å². The lowest BCUT2D eigenvalue weighted by molar-refractivity contribution is 0.0768. The molecule has 0 saturated carbocycles. The normalized spacial score (nSPS) is 17.1. The first-order chi connectivity index (χ1) is 12.4. The van der Waals surface area contributed by atoms with Gasteiger partial charge in [-0.2, -0.15) is 0 Å². The van der Waals surface area contributed by atoms with Crippen molar-refractivity contribution in [2.24, 2.45) is 4.99 Å². The van der Waals surface area contributed by atoms with Gasteiger partial charge in [0.1, 0.15) is 5.82 Å². The fourth-order valence-corrected chi connectivity index (χ4v) is 4.18. The molecule has 0 radical (unpaired) electrons. The second kappa shape index (κ2) is 11.2. The molecule has 1 fully saturated rings. The van der Waals surface area contributed by atoms with Crippen molar-refractivity contribution < 1.29 is 17.5 Å².